The minimum Gasteiger partial charge on any atom is -0.367 e. The van der Waals surface area contributed by atoms with E-state index >= 15 is 0 Å². The van der Waals surface area contributed by atoms with Gasteiger partial charge in [-0.15, -0.1) is 5.10 Å². The van der Waals surface area contributed by atoms with E-state index in [2.05, 4.69) is 15.4 Å². The number of rotatable bonds is 2. The Labute approximate surface area is 109 Å². The fourth-order valence-electron chi connectivity index (χ4n) is 2.45. The number of piperazine rings is 1. The normalized spacial score (nSPS) is 22.3. The molecule has 9 heteroatoms. The molecule has 1 aromatic rings. The minimum absolute atomic E-state index is 0.0381. The van der Waals surface area contributed by atoms with Crippen LogP contribution in [0.2, 0.25) is 0 Å². The molecule has 3 heterocycles. The number of urea groups is 1. The van der Waals surface area contributed by atoms with Crippen LogP contribution in [0.1, 0.15) is 0 Å². The number of anilines is 1. The van der Waals surface area contributed by atoms with Crippen molar-refractivity contribution in [3.8, 4) is 0 Å². The summed E-state index contributed by atoms with van der Waals surface area (Å²) in [6, 6.07) is 0.0344. The summed E-state index contributed by atoms with van der Waals surface area (Å²) in [7, 11) is 0. The first-order chi connectivity index (χ1) is 9.13. The molecule has 19 heavy (non-hydrogen) atoms. The summed E-state index contributed by atoms with van der Waals surface area (Å²) in [6.45, 7) is 2.40. The lowest BCUT2D eigenvalue weighted by Crippen LogP contribution is -2.54. The van der Waals surface area contributed by atoms with Gasteiger partial charge < -0.3 is 20.9 Å². The number of nitrogens with one attached hydrogen (secondary N) is 1. The molecule has 0 saturated carbocycles. The SMILES string of the molecule is Nc1ncn(CC(=O)N2CCN3C(=O)NCC3C2)n1. The van der Waals surface area contributed by atoms with E-state index in [0.29, 0.717) is 26.2 Å². The van der Waals surface area contributed by atoms with Crippen molar-refractivity contribution in [2.75, 3.05) is 31.9 Å². The van der Waals surface area contributed by atoms with E-state index in [4.69, 9.17) is 5.73 Å². The second-order valence-corrected chi connectivity index (χ2v) is 4.67. The van der Waals surface area contributed by atoms with Gasteiger partial charge >= 0.3 is 6.03 Å². The van der Waals surface area contributed by atoms with Crippen LogP contribution in [-0.4, -0.2) is 68.7 Å². The van der Waals surface area contributed by atoms with E-state index in [-0.39, 0.29) is 30.5 Å². The van der Waals surface area contributed by atoms with Gasteiger partial charge in [0, 0.05) is 26.2 Å². The molecule has 102 valence electrons. The van der Waals surface area contributed by atoms with E-state index < -0.39 is 0 Å². The number of hydrogen-bond acceptors (Lipinski definition) is 5. The number of amides is 3. The second-order valence-electron chi connectivity index (χ2n) is 4.67. The van der Waals surface area contributed by atoms with E-state index in [1.807, 2.05) is 0 Å². The standard InChI is InChI=1S/C10H15N7O2/c11-9-13-6-16(14-9)5-8(18)15-1-2-17-7(4-15)3-12-10(17)19/h6-7H,1-5H2,(H2,11,14)(H,12,19). The molecule has 0 bridgehead atoms. The van der Waals surface area contributed by atoms with E-state index in [0.717, 1.165) is 0 Å². The van der Waals surface area contributed by atoms with Crippen molar-refractivity contribution >= 4 is 17.9 Å². The number of carbonyl (C=O) groups is 2. The lowest BCUT2D eigenvalue weighted by atomic mass is 10.2. The average molecular weight is 265 g/mol. The molecule has 1 aromatic heterocycles. The Balaban J connectivity index is 1.61. The molecule has 3 amide bonds. The van der Waals surface area contributed by atoms with Crippen LogP contribution in [0.25, 0.3) is 0 Å². The summed E-state index contributed by atoms with van der Waals surface area (Å²) < 4.78 is 1.42. The number of fused-ring (bicyclic) bond motifs is 1. The average Bonchev–Trinajstić information content (AvgIpc) is 2.96. The number of nitrogens with two attached hydrogens (primary N) is 1. The highest BCUT2D eigenvalue weighted by molar-refractivity contribution is 5.79. The first kappa shape index (κ1) is 11.8. The van der Waals surface area contributed by atoms with Crippen LogP contribution in [0.5, 0.6) is 0 Å². The van der Waals surface area contributed by atoms with Crippen molar-refractivity contribution in [1.82, 2.24) is 29.9 Å². The van der Waals surface area contributed by atoms with Gasteiger partial charge in [-0.1, -0.05) is 0 Å². The summed E-state index contributed by atoms with van der Waals surface area (Å²) in [5, 5.41) is 6.66. The Hall–Kier alpha value is -2.32. The van der Waals surface area contributed by atoms with Gasteiger partial charge in [-0.05, 0) is 0 Å². The van der Waals surface area contributed by atoms with Crippen molar-refractivity contribution in [2.45, 2.75) is 12.6 Å². The van der Waals surface area contributed by atoms with Crippen molar-refractivity contribution in [2.24, 2.45) is 0 Å². The maximum absolute atomic E-state index is 12.1. The Morgan fingerprint density at radius 3 is 3.11 bits per heavy atom. The summed E-state index contributed by atoms with van der Waals surface area (Å²) >= 11 is 0. The van der Waals surface area contributed by atoms with Gasteiger partial charge in [0.1, 0.15) is 12.9 Å². The molecule has 0 aromatic carbocycles. The zero-order valence-electron chi connectivity index (χ0n) is 10.3. The van der Waals surface area contributed by atoms with Crippen LogP contribution in [0.4, 0.5) is 10.7 Å². The minimum atomic E-state index is -0.0406. The van der Waals surface area contributed by atoms with Crippen molar-refractivity contribution < 1.29 is 9.59 Å². The third-order valence-corrected chi connectivity index (χ3v) is 3.44. The molecule has 9 nitrogen and oxygen atoms in total. The highest BCUT2D eigenvalue weighted by atomic mass is 16.2. The molecular weight excluding hydrogens is 250 g/mol. The van der Waals surface area contributed by atoms with Crippen LogP contribution >= 0.6 is 0 Å². The van der Waals surface area contributed by atoms with Gasteiger partial charge in [-0.3, -0.25) is 4.79 Å². The fourth-order valence-corrected chi connectivity index (χ4v) is 2.45. The van der Waals surface area contributed by atoms with Crippen LogP contribution in [-0.2, 0) is 11.3 Å². The van der Waals surface area contributed by atoms with E-state index in [9.17, 15) is 9.59 Å². The predicted octanol–water partition coefficient (Wildman–Crippen LogP) is -1.90. The molecular formula is C10H15N7O2. The zero-order valence-corrected chi connectivity index (χ0v) is 10.3. The molecule has 1 atom stereocenters. The molecule has 2 fully saturated rings. The number of carbonyl (C=O) groups excluding carboxylic acids is 2. The third-order valence-electron chi connectivity index (χ3n) is 3.44. The quantitative estimate of drug-likeness (QED) is 0.649. The molecule has 3 N–H and O–H groups in total. The lowest BCUT2D eigenvalue weighted by molar-refractivity contribution is -0.134. The topological polar surface area (TPSA) is 109 Å². The number of nitrogens with zero attached hydrogens (tertiary/aromatic N) is 5. The largest absolute Gasteiger partial charge is 0.367 e. The number of nitrogen functional groups attached to an aromatic ring is 1. The Bertz CT molecular complexity index is 514. The van der Waals surface area contributed by atoms with Crippen LogP contribution in [0.3, 0.4) is 0 Å². The van der Waals surface area contributed by atoms with Gasteiger partial charge in [0.25, 0.3) is 0 Å². The van der Waals surface area contributed by atoms with Gasteiger partial charge in [0.05, 0.1) is 6.04 Å². The molecule has 2 aliphatic rings. The van der Waals surface area contributed by atoms with Crippen LogP contribution in [0.15, 0.2) is 6.33 Å². The zero-order chi connectivity index (χ0) is 13.4. The second kappa shape index (κ2) is 4.41. The molecule has 0 aliphatic carbocycles. The van der Waals surface area contributed by atoms with Gasteiger partial charge in [-0.2, -0.15) is 0 Å². The highest BCUT2D eigenvalue weighted by Gasteiger charge is 2.36. The molecule has 0 spiro atoms. The van der Waals surface area contributed by atoms with Crippen molar-refractivity contribution in [3.05, 3.63) is 6.33 Å². The van der Waals surface area contributed by atoms with Crippen LogP contribution < -0.4 is 11.1 Å². The summed E-state index contributed by atoms with van der Waals surface area (Å²) in [5.74, 6) is 0.118. The Kier molecular flexibility index (Phi) is 2.73. The molecule has 2 aliphatic heterocycles. The predicted molar refractivity (Wildman–Crippen MR) is 64.9 cm³/mol. The maximum atomic E-state index is 12.1. The van der Waals surface area contributed by atoms with Gasteiger partial charge in [-0.25, -0.2) is 14.5 Å². The molecule has 3 rings (SSSR count). The summed E-state index contributed by atoms with van der Waals surface area (Å²) in [6.07, 6.45) is 1.43. The molecule has 2 saturated heterocycles. The van der Waals surface area contributed by atoms with Crippen molar-refractivity contribution in [1.29, 1.82) is 0 Å². The summed E-state index contributed by atoms with van der Waals surface area (Å²) in [5.41, 5.74) is 5.40. The highest BCUT2D eigenvalue weighted by Crippen LogP contribution is 2.14. The molecule has 1 unspecified atom stereocenters. The lowest BCUT2D eigenvalue weighted by Gasteiger charge is -2.36. The monoisotopic (exact) mass is 265 g/mol. The fraction of sp³-hybridized carbons (Fsp3) is 0.600. The third kappa shape index (κ3) is 2.18. The Morgan fingerprint density at radius 1 is 1.53 bits per heavy atom. The van der Waals surface area contributed by atoms with E-state index in [1.54, 1.807) is 9.80 Å². The summed E-state index contributed by atoms with van der Waals surface area (Å²) in [4.78, 5) is 30.9. The van der Waals surface area contributed by atoms with Crippen LogP contribution in [0, 0.1) is 0 Å². The number of aromatic nitrogens is 3. The van der Waals surface area contributed by atoms with E-state index in [1.165, 1.54) is 11.0 Å². The van der Waals surface area contributed by atoms with Gasteiger partial charge in [0.15, 0.2) is 0 Å². The smallest absolute Gasteiger partial charge is 0.317 e. The maximum Gasteiger partial charge on any atom is 0.317 e. The van der Waals surface area contributed by atoms with Crippen molar-refractivity contribution in [3.63, 3.8) is 0 Å². The molecule has 0 radical (unpaired) electrons. The Morgan fingerprint density at radius 2 is 2.37 bits per heavy atom. The first-order valence-corrected chi connectivity index (χ1v) is 6.10. The number of hydrogen-bond donors (Lipinski definition) is 2. The van der Waals surface area contributed by atoms with Gasteiger partial charge in [0.2, 0.25) is 11.9 Å². The first-order valence-electron chi connectivity index (χ1n) is 6.10.